The molecule has 1 fully saturated rings. The Balaban J connectivity index is 0.00000210. The number of hydrogen-bond donors (Lipinski definition) is 2. The summed E-state index contributed by atoms with van der Waals surface area (Å²) < 4.78 is 0. The Morgan fingerprint density at radius 3 is 2.10 bits per heavy atom. The van der Waals surface area contributed by atoms with Crippen LogP contribution in [0.1, 0.15) is 48.8 Å². The first-order valence-electron chi connectivity index (χ1n) is 10.1. The molecule has 1 amide bonds. The molecule has 29 heavy (non-hydrogen) atoms. The Bertz CT molecular complexity index is 746. The van der Waals surface area contributed by atoms with E-state index in [2.05, 4.69) is 34.5 Å². The molecule has 0 saturated carbocycles. The summed E-state index contributed by atoms with van der Waals surface area (Å²) in [6.07, 6.45) is 6.42. The maximum atomic E-state index is 12.3. The van der Waals surface area contributed by atoms with Gasteiger partial charge >= 0.3 is 0 Å². The molecule has 0 bridgehead atoms. The Labute approximate surface area is 187 Å². The van der Waals surface area contributed by atoms with Crippen molar-refractivity contribution in [2.24, 2.45) is 0 Å². The Kier molecular flexibility index (Phi) is 11.7. The van der Waals surface area contributed by atoms with Crippen molar-refractivity contribution >= 4 is 36.4 Å². The van der Waals surface area contributed by atoms with Gasteiger partial charge in [0.15, 0.2) is 0 Å². The average Bonchev–Trinajstić information content (AvgIpc) is 2.95. The predicted octanol–water partition coefficient (Wildman–Crippen LogP) is 4.74. The number of benzene rings is 2. The van der Waals surface area contributed by atoms with Gasteiger partial charge in [0.2, 0.25) is 5.91 Å². The summed E-state index contributed by atoms with van der Waals surface area (Å²) in [5.74, 6) is 0.0721. The first-order chi connectivity index (χ1) is 13.2. The van der Waals surface area contributed by atoms with Crippen LogP contribution in [0.25, 0.3) is 0 Å². The number of anilines is 1. The number of carbonyl (C=O) groups excluding carboxylic acids is 1. The summed E-state index contributed by atoms with van der Waals surface area (Å²) in [7, 11) is 0. The quantitative estimate of drug-likeness (QED) is 0.614. The molecule has 2 aromatic rings. The van der Waals surface area contributed by atoms with Gasteiger partial charge in [-0.2, -0.15) is 0 Å². The fourth-order valence-corrected chi connectivity index (χ4v) is 3.71. The summed E-state index contributed by atoms with van der Waals surface area (Å²) in [5.41, 5.74) is 10.3. The third-order valence-corrected chi connectivity index (χ3v) is 5.36. The van der Waals surface area contributed by atoms with Crippen LogP contribution < -0.4 is 11.1 Å². The van der Waals surface area contributed by atoms with E-state index in [4.69, 9.17) is 5.73 Å². The number of halogens is 2. The molecule has 0 aliphatic carbocycles. The SMILES string of the molecule is Cl.Cl.Nc1ccccc1CCC(=O)NCc1ccccc1CN1CCCCCC1. The number of carbonyl (C=O) groups is 1. The van der Waals surface area contributed by atoms with Crippen LogP contribution in [0.4, 0.5) is 5.69 Å². The van der Waals surface area contributed by atoms with Crippen LogP contribution in [0.15, 0.2) is 48.5 Å². The topological polar surface area (TPSA) is 58.4 Å². The maximum absolute atomic E-state index is 12.3. The lowest BCUT2D eigenvalue weighted by Crippen LogP contribution is -2.27. The van der Waals surface area contributed by atoms with Gasteiger partial charge in [0.25, 0.3) is 0 Å². The zero-order valence-corrected chi connectivity index (χ0v) is 18.6. The smallest absolute Gasteiger partial charge is 0.220 e. The molecule has 160 valence electrons. The van der Waals surface area contributed by atoms with Crippen molar-refractivity contribution in [3.05, 3.63) is 65.2 Å². The Hall–Kier alpha value is -1.75. The monoisotopic (exact) mass is 437 g/mol. The maximum Gasteiger partial charge on any atom is 0.220 e. The van der Waals surface area contributed by atoms with Gasteiger partial charge in [-0.05, 0) is 55.1 Å². The second kappa shape index (κ2) is 13.5. The molecular weight excluding hydrogens is 405 g/mol. The number of rotatable bonds is 7. The van der Waals surface area contributed by atoms with E-state index in [1.165, 1.54) is 49.9 Å². The van der Waals surface area contributed by atoms with Crippen LogP contribution in [0.5, 0.6) is 0 Å². The second-order valence-electron chi connectivity index (χ2n) is 7.43. The number of aryl methyl sites for hydroxylation is 1. The highest BCUT2D eigenvalue weighted by atomic mass is 35.5. The predicted molar refractivity (Wildman–Crippen MR) is 126 cm³/mol. The molecule has 1 heterocycles. The molecule has 6 heteroatoms. The Morgan fingerprint density at radius 1 is 0.862 bits per heavy atom. The summed E-state index contributed by atoms with van der Waals surface area (Å²) in [4.78, 5) is 14.8. The van der Waals surface area contributed by atoms with Crippen molar-refractivity contribution in [3.8, 4) is 0 Å². The molecule has 2 aromatic carbocycles. The van der Waals surface area contributed by atoms with E-state index >= 15 is 0 Å². The van der Waals surface area contributed by atoms with Gasteiger partial charge < -0.3 is 11.1 Å². The van der Waals surface area contributed by atoms with Gasteiger partial charge in [-0.3, -0.25) is 9.69 Å². The molecule has 1 saturated heterocycles. The molecule has 3 rings (SSSR count). The third kappa shape index (κ3) is 8.25. The molecule has 0 unspecified atom stereocenters. The first-order valence-corrected chi connectivity index (χ1v) is 10.1. The molecule has 1 aliphatic heterocycles. The van der Waals surface area contributed by atoms with Crippen LogP contribution >= 0.6 is 24.8 Å². The van der Waals surface area contributed by atoms with Crippen molar-refractivity contribution < 1.29 is 4.79 Å². The number of nitrogen functional groups attached to an aromatic ring is 1. The van der Waals surface area contributed by atoms with Gasteiger partial charge in [0.05, 0.1) is 0 Å². The van der Waals surface area contributed by atoms with Gasteiger partial charge in [0, 0.05) is 25.2 Å². The zero-order chi connectivity index (χ0) is 18.9. The highest BCUT2D eigenvalue weighted by Gasteiger charge is 2.12. The third-order valence-electron chi connectivity index (χ3n) is 5.36. The highest BCUT2D eigenvalue weighted by molar-refractivity contribution is 5.85. The van der Waals surface area contributed by atoms with Crippen molar-refractivity contribution in [3.63, 3.8) is 0 Å². The van der Waals surface area contributed by atoms with E-state index in [1.807, 2.05) is 24.3 Å². The summed E-state index contributed by atoms with van der Waals surface area (Å²) in [6.45, 7) is 3.93. The summed E-state index contributed by atoms with van der Waals surface area (Å²) in [6, 6.07) is 16.2. The van der Waals surface area contributed by atoms with E-state index < -0.39 is 0 Å². The minimum absolute atomic E-state index is 0. The van der Waals surface area contributed by atoms with E-state index in [9.17, 15) is 4.79 Å². The van der Waals surface area contributed by atoms with Gasteiger partial charge in [-0.1, -0.05) is 55.3 Å². The number of likely N-dealkylation sites (tertiary alicyclic amines) is 1. The molecule has 1 aliphatic rings. The average molecular weight is 438 g/mol. The molecule has 3 N–H and O–H groups in total. The largest absolute Gasteiger partial charge is 0.399 e. The summed E-state index contributed by atoms with van der Waals surface area (Å²) in [5, 5.41) is 3.08. The second-order valence-corrected chi connectivity index (χ2v) is 7.43. The molecule has 4 nitrogen and oxygen atoms in total. The number of hydrogen-bond acceptors (Lipinski definition) is 3. The van der Waals surface area contributed by atoms with Crippen LogP contribution in [0.3, 0.4) is 0 Å². The number of nitrogens with zero attached hydrogens (tertiary/aromatic N) is 1. The lowest BCUT2D eigenvalue weighted by atomic mass is 10.1. The minimum atomic E-state index is 0. The standard InChI is InChI=1S/C23H31N3O.2ClH/c24-22-12-6-5-9-19(22)13-14-23(27)25-17-20-10-3-4-11-21(20)18-26-15-7-1-2-8-16-26;;/h3-6,9-12H,1-2,7-8,13-18,24H2,(H,25,27);2*1H. The summed E-state index contributed by atoms with van der Waals surface area (Å²) >= 11 is 0. The normalized spacial score (nSPS) is 14.2. The Morgan fingerprint density at radius 2 is 1.45 bits per heavy atom. The van der Waals surface area contributed by atoms with Crippen LogP contribution in [0, 0.1) is 0 Å². The molecule has 0 radical (unpaired) electrons. The molecule has 0 atom stereocenters. The fourth-order valence-electron chi connectivity index (χ4n) is 3.71. The number of nitrogens with two attached hydrogens (primary N) is 1. The molecule has 0 aromatic heterocycles. The van der Waals surface area contributed by atoms with E-state index in [0.717, 1.165) is 17.8 Å². The van der Waals surface area contributed by atoms with Gasteiger partial charge in [-0.25, -0.2) is 0 Å². The van der Waals surface area contributed by atoms with Crippen molar-refractivity contribution in [2.45, 2.75) is 51.6 Å². The van der Waals surface area contributed by atoms with Crippen LogP contribution in [0.2, 0.25) is 0 Å². The van der Waals surface area contributed by atoms with Crippen molar-refractivity contribution in [1.29, 1.82) is 0 Å². The van der Waals surface area contributed by atoms with Gasteiger partial charge in [0.1, 0.15) is 0 Å². The lowest BCUT2D eigenvalue weighted by molar-refractivity contribution is -0.121. The number of para-hydroxylation sites is 1. The fraction of sp³-hybridized carbons (Fsp3) is 0.435. The first kappa shape index (κ1) is 25.3. The molecular formula is C23H33Cl2N3O. The highest BCUT2D eigenvalue weighted by Crippen LogP contribution is 2.16. The van der Waals surface area contributed by atoms with Gasteiger partial charge in [-0.15, -0.1) is 24.8 Å². The number of amides is 1. The van der Waals surface area contributed by atoms with Crippen molar-refractivity contribution in [1.82, 2.24) is 10.2 Å². The van der Waals surface area contributed by atoms with E-state index in [1.54, 1.807) is 0 Å². The minimum Gasteiger partial charge on any atom is -0.399 e. The zero-order valence-electron chi connectivity index (χ0n) is 16.9. The molecule has 0 spiro atoms. The van der Waals surface area contributed by atoms with E-state index in [-0.39, 0.29) is 30.7 Å². The van der Waals surface area contributed by atoms with E-state index in [0.29, 0.717) is 19.4 Å². The van der Waals surface area contributed by atoms with Crippen LogP contribution in [-0.2, 0) is 24.3 Å². The van der Waals surface area contributed by atoms with Crippen molar-refractivity contribution in [2.75, 3.05) is 18.8 Å². The van der Waals surface area contributed by atoms with Crippen LogP contribution in [-0.4, -0.2) is 23.9 Å². The lowest BCUT2D eigenvalue weighted by Gasteiger charge is -2.21. The number of nitrogens with one attached hydrogen (secondary N) is 1.